The standard InChI is InChI=1S/C12H13N3/c1-10-11(5-4-8-13-10)9-15-12-6-2-3-7-14-12/h2-8H,9H2,1H3,(H,14,15). The van der Waals surface area contributed by atoms with Gasteiger partial charge in [0, 0.05) is 24.6 Å². The number of hydrogen-bond donors (Lipinski definition) is 1. The Hall–Kier alpha value is -1.90. The lowest BCUT2D eigenvalue weighted by molar-refractivity contribution is 1.04. The summed E-state index contributed by atoms with van der Waals surface area (Å²) in [4.78, 5) is 8.42. The van der Waals surface area contributed by atoms with E-state index >= 15 is 0 Å². The molecule has 0 unspecified atom stereocenters. The molecule has 0 aliphatic carbocycles. The van der Waals surface area contributed by atoms with E-state index in [9.17, 15) is 0 Å². The zero-order valence-electron chi connectivity index (χ0n) is 8.64. The van der Waals surface area contributed by atoms with E-state index in [-0.39, 0.29) is 0 Å². The fraction of sp³-hybridized carbons (Fsp3) is 0.167. The summed E-state index contributed by atoms with van der Waals surface area (Å²) in [5, 5.41) is 3.25. The van der Waals surface area contributed by atoms with E-state index in [0.717, 1.165) is 18.1 Å². The average Bonchev–Trinajstić information content (AvgIpc) is 2.29. The average molecular weight is 199 g/mol. The van der Waals surface area contributed by atoms with Gasteiger partial charge in [-0.1, -0.05) is 12.1 Å². The van der Waals surface area contributed by atoms with Gasteiger partial charge in [-0.2, -0.15) is 0 Å². The molecule has 0 fully saturated rings. The van der Waals surface area contributed by atoms with Crippen LogP contribution in [-0.4, -0.2) is 9.97 Å². The molecule has 76 valence electrons. The SMILES string of the molecule is Cc1ncccc1CNc1ccccn1. The molecule has 0 saturated heterocycles. The highest BCUT2D eigenvalue weighted by Crippen LogP contribution is 2.07. The molecule has 0 radical (unpaired) electrons. The summed E-state index contributed by atoms with van der Waals surface area (Å²) in [5.41, 5.74) is 2.25. The van der Waals surface area contributed by atoms with Crippen molar-refractivity contribution in [1.29, 1.82) is 0 Å². The molecule has 0 aliphatic rings. The minimum absolute atomic E-state index is 0.761. The molecular formula is C12H13N3. The van der Waals surface area contributed by atoms with Crippen molar-refractivity contribution in [2.24, 2.45) is 0 Å². The Morgan fingerprint density at radius 1 is 1.07 bits per heavy atom. The molecule has 3 heteroatoms. The molecule has 0 amide bonds. The van der Waals surface area contributed by atoms with Crippen LogP contribution in [-0.2, 0) is 6.54 Å². The van der Waals surface area contributed by atoms with Crippen LogP contribution in [0.3, 0.4) is 0 Å². The van der Waals surface area contributed by atoms with Gasteiger partial charge in [-0.15, -0.1) is 0 Å². The smallest absolute Gasteiger partial charge is 0.126 e. The van der Waals surface area contributed by atoms with Gasteiger partial charge in [0.2, 0.25) is 0 Å². The Morgan fingerprint density at radius 2 is 1.93 bits per heavy atom. The van der Waals surface area contributed by atoms with Gasteiger partial charge in [-0.05, 0) is 30.7 Å². The van der Waals surface area contributed by atoms with Crippen LogP contribution in [0.1, 0.15) is 11.3 Å². The molecule has 0 bridgehead atoms. The number of aromatic nitrogens is 2. The van der Waals surface area contributed by atoms with Crippen LogP contribution in [0.4, 0.5) is 5.82 Å². The largest absolute Gasteiger partial charge is 0.366 e. The molecule has 0 saturated carbocycles. The number of rotatable bonds is 3. The van der Waals surface area contributed by atoms with Crippen molar-refractivity contribution in [3.63, 3.8) is 0 Å². The number of hydrogen-bond acceptors (Lipinski definition) is 3. The predicted molar refractivity (Wildman–Crippen MR) is 60.5 cm³/mol. The van der Waals surface area contributed by atoms with Crippen molar-refractivity contribution in [3.8, 4) is 0 Å². The van der Waals surface area contributed by atoms with Crippen LogP contribution in [0.25, 0.3) is 0 Å². The summed E-state index contributed by atoms with van der Waals surface area (Å²) in [7, 11) is 0. The summed E-state index contributed by atoms with van der Waals surface area (Å²) in [6, 6.07) is 9.83. The van der Waals surface area contributed by atoms with E-state index in [0.29, 0.717) is 0 Å². The highest BCUT2D eigenvalue weighted by atomic mass is 15.0. The van der Waals surface area contributed by atoms with Crippen LogP contribution in [0, 0.1) is 6.92 Å². The Kier molecular flexibility index (Phi) is 2.93. The van der Waals surface area contributed by atoms with Crippen molar-refractivity contribution in [2.75, 3.05) is 5.32 Å². The highest BCUT2D eigenvalue weighted by Gasteiger charge is 1.97. The van der Waals surface area contributed by atoms with E-state index in [1.54, 1.807) is 12.4 Å². The first kappa shape index (κ1) is 9.65. The first-order valence-electron chi connectivity index (χ1n) is 4.91. The summed E-state index contributed by atoms with van der Waals surface area (Å²) >= 11 is 0. The summed E-state index contributed by atoms with van der Waals surface area (Å²) in [6.07, 6.45) is 3.58. The first-order chi connectivity index (χ1) is 7.36. The third-order valence-corrected chi connectivity index (χ3v) is 2.24. The molecule has 1 N–H and O–H groups in total. The molecule has 0 spiro atoms. The Labute approximate surface area is 89.2 Å². The topological polar surface area (TPSA) is 37.8 Å². The number of pyridine rings is 2. The second-order valence-electron chi connectivity index (χ2n) is 3.32. The van der Waals surface area contributed by atoms with Crippen molar-refractivity contribution < 1.29 is 0 Å². The zero-order valence-corrected chi connectivity index (χ0v) is 8.64. The van der Waals surface area contributed by atoms with Gasteiger partial charge < -0.3 is 5.32 Å². The van der Waals surface area contributed by atoms with Gasteiger partial charge in [0.15, 0.2) is 0 Å². The lowest BCUT2D eigenvalue weighted by Gasteiger charge is -2.06. The molecule has 3 nitrogen and oxygen atoms in total. The van der Waals surface area contributed by atoms with Gasteiger partial charge >= 0.3 is 0 Å². The molecule has 0 atom stereocenters. The summed E-state index contributed by atoms with van der Waals surface area (Å²) in [5.74, 6) is 0.890. The van der Waals surface area contributed by atoms with Crippen LogP contribution in [0.2, 0.25) is 0 Å². The third kappa shape index (κ3) is 2.53. The molecular weight excluding hydrogens is 186 g/mol. The lowest BCUT2D eigenvalue weighted by Crippen LogP contribution is -2.03. The lowest BCUT2D eigenvalue weighted by atomic mass is 10.2. The second-order valence-corrected chi connectivity index (χ2v) is 3.32. The Balaban J connectivity index is 2.03. The van der Waals surface area contributed by atoms with Gasteiger partial charge in [-0.25, -0.2) is 4.98 Å². The molecule has 15 heavy (non-hydrogen) atoms. The molecule has 2 heterocycles. The number of nitrogens with zero attached hydrogens (tertiary/aromatic N) is 2. The maximum atomic E-state index is 4.23. The highest BCUT2D eigenvalue weighted by molar-refractivity contribution is 5.35. The first-order valence-corrected chi connectivity index (χ1v) is 4.91. The maximum absolute atomic E-state index is 4.23. The molecule has 0 aromatic carbocycles. The van der Waals surface area contributed by atoms with Gasteiger partial charge in [0.25, 0.3) is 0 Å². The normalized spacial score (nSPS) is 9.93. The third-order valence-electron chi connectivity index (χ3n) is 2.24. The van der Waals surface area contributed by atoms with Crippen molar-refractivity contribution in [3.05, 3.63) is 54.0 Å². The van der Waals surface area contributed by atoms with E-state index in [4.69, 9.17) is 0 Å². The van der Waals surface area contributed by atoms with E-state index < -0.39 is 0 Å². The van der Waals surface area contributed by atoms with Crippen LogP contribution in [0.5, 0.6) is 0 Å². The molecule has 2 aromatic rings. The van der Waals surface area contributed by atoms with E-state index in [1.807, 2.05) is 31.2 Å². The van der Waals surface area contributed by atoms with Crippen molar-refractivity contribution in [1.82, 2.24) is 9.97 Å². The number of nitrogens with one attached hydrogen (secondary N) is 1. The molecule has 0 aliphatic heterocycles. The fourth-order valence-electron chi connectivity index (χ4n) is 1.36. The Bertz CT molecular complexity index is 426. The maximum Gasteiger partial charge on any atom is 0.126 e. The van der Waals surface area contributed by atoms with Gasteiger partial charge in [0.05, 0.1) is 0 Å². The van der Waals surface area contributed by atoms with Crippen molar-refractivity contribution in [2.45, 2.75) is 13.5 Å². The van der Waals surface area contributed by atoms with E-state index in [1.165, 1.54) is 5.56 Å². The predicted octanol–water partition coefficient (Wildman–Crippen LogP) is 2.40. The van der Waals surface area contributed by atoms with Crippen LogP contribution in [0.15, 0.2) is 42.7 Å². The monoisotopic (exact) mass is 199 g/mol. The van der Waals surface area contributed by atoms with Gasteiger partial charge in [-0.3, -0.25) is 4.98 Å². The fourth-order valence-corrected chi connectivity index (χ4v) is 1.36. The summed E-state index contributed by atoms with van der Waals surface area (Å²) < 4.78 is 0. The quantitative estimate of drug-likeness (QED) is 0.824. The molecule has 2 rings (SSSR count). The van der Waals surface area contributed by atoms with Crippen LogP contribution < -0.4 is 5.32 Å². The minimum atomic E-state index is 0.761. The number of aryl methyl sites for hydroxylation is 1. The second kappa shape index (κ2) is 4.55. The van der Waals surface area contributed by atoms with Gasteiger partial charge in [0.1, 0.15) is 5.82 Å². The van der Waals surface area contributed by atoms with Crippen LogP contribution >= 0.6 is 0 Å². The zero-order chi connectivity index (χ0) is 10.5. The minimum Gasteiger partial charge on any atom is -0.366 e. The Morgan fingerprint density at radius 3 is 2.67 bits per heavy atom. The molecule has 2 aromatic heterocycles. The van der Waals surface area contributed by atoms with E-state index in [2.05, 4.69) is 21.4 Å². The number of anilines is 1. The van der Waals surface area contributed by atoms with Crippen molar-refractivity contribution >= 4 is 5.82 Å². The summed E-state index contributed by atoms with van der Waals surface area (Å²) in [6.45, 7) is 2.77.